The average Bonchev–Trinajstić information content (AvgIpc) is 2.42. The molecule has 18 heavy (non-hydrogen) atoms. The fourth-order valence-corrected chi connectivity index (χ4v) is 3.07. The van der Waals surface area contributed by atoms with Crippen molar-refractivity contribution >= 4 is 0 Å². The summed E-state index contributed by atoms with van der Waals surface area (Å²) in [6, 6.07) is 0. The number of rotatable bonds is 0. The third-order valence-electron chi connectivity index (χ3n) is 4.57. The van der Waals surface area contributed by atoms with Crippen molar-refractivity contribution < 1.29 is 29.2 Å². The van der Waals surface area contributed by atoms with Crippen molar-refractivity contribution in [1.29, 1.82) is 0 Å². The van der Waals surface area contributed by atoms with Gasteiger partial charge in [0, 0.05) is 6.42 Å². The van der Waals surface area contributed by atoms with Crippen LogP contribution in [0.1, 0.15) is 41.0 Å². The van der Waals surface area contributed by atoms with E-state index in [1.54, 1.807) is 34.6 Å². The van der Waals surface area contributed by atoms with E-state index in [-0.39, 0.29) is 6.42 Å². The highest BCUT2D eigenvalue weighted by atomic mass is 17.0. The number of hydrogen-bond acceptors (Lipinski definition) is 6. The van der Waals surface area contributed by atoms with Crippen molar-refractivity contribution in [2.24, 2.45) is 0 Å². The molecule has 4 saturated heterocycles. The molecule has 4 rings (SSSR count). The van der Waals surface area contributed by atoms with Gasteiger partial charge < -0.3 is 29.2 Å². The van der Waals surface area contributed by atoms with E-state index in [0.717, 1.165) is 0 Å². The molecule has 6 heteroatoms. The molecule has 0 amide bonds. The van der Waals surface area contributed by atoms with E-state index in [1.165, 1.54) is 0 Å². The van der Waals surface area contributed by atoms with Gasteiger partial charge in [-0.3, -0.25) is 0 Å². The topological polar surface area (TPSA) is 77.4 Å². The normalized spacial score (nSPS) is 67.2. The molecule has 4 aliphatic heterocycles. The molecule has 2 N–H and O–H groups in total. The lowest BCUT2D eigenvalue weighted by Gasteiger charge is -2.46. The Morgan fingerprint density at radius 1 is 0.833 bits per heavy atom. The predicted octanol–water partition coefficient (Wildman–Crippen LogP) is 0.460. The maximum atomic E-state index is 10.6. The molecule has 4 heterocycles. The Kier molecular flexibility index (Phi) is 2.07. The molecule has 4 bridgehead atoms. The highest BCUT2D eigenvalue weighted by molar-refractivity contribution is 5.09. The molecule has 104 valence electrons. The summed E-state index contributed by atoms with van der Waals surface area (Å²) in [5, 5.41) is 20.8. The summed E-state index contributed by atoms with van der Waals surface area (Å²) in [6.45, 7) is 8.22. The van der Waals surface area contributed by atoms with Crippen LogP contribution in [0.4, 0.5) is 0 Å². The number of aliphatic hydroxyl groups is 2. The summed E-state index contributed by atoms with van der Waals surface area (Å²) >= 11 is 0. The fourth-order valence-electron chi connectivity index (χ4n) is 3.07. The third-order valence-corrected chi connectivity index (χ3v) is 4.57. The minimum absolute atomic E-state index is 0.0339. The molecule has 0 saturated carbocycles. The summed E-state index contributed by atoms with van der Waals surface area (Å²) in [4.78, 5) is 0. The molecule has 6 nitrogen and oxygen atoms in total. The molecule has 2 unspecified atom stereocenters. The van der Waals surface area contributed by atoms with Crippen molar-refractivity contribution in [3.8, 4) is 0 Å². The molecule has 4 fully saturated rings. The molecule has 4 aliphatic rings. The van der Waals surface area contributed by atoms with Crippen LogP contribution in [0.3, 0.4) is 0 Å². The Morgan fingerprint density at radius 3 is 1.72 bits per heavy atom. The van der Waals surface area contributed by atoms with Crippen molar-refractivity contribution in [3.63, 3.8) is 0 Å². The van der Waals surface area contributed by atoms with Gasteiger partial charge >= 0.3 is 0 Å². The molecule has 0 radical (unpaired) electrons. The van der Waals surface area contributed by atoms with E-state index in [2.05, 4.69) is 0 Å². The van der Waals surface area contributed by atoms with Crippen molar-refractivity contribution in [1.82, 2.24) is 0 Å². The number of ether oxygens (including phenoxy) is 4. The molecule has 6 atom stereocenters. The molecule has 0 aliphatic carbocycles. The molecule has 0 aromatic rings. The Balaban J connectivity index is 2.16. The standard InChI is InChI=1S/C12H20O6/c1-8(14)6-7(13)9(2)15-11(4)12(5,16-9)18-10(8,3)17-11/h7,13-14H,6H2,1-5H3/t7-,8+,9?,10?,11-,12+/m1/s1. The lowest BCUT2D eigenvalue weighted by molar-refractivity contribution is -0.399. The highest BCUT2D eigenvalue weighted by Crippen LogP contribution is 2.60. The monoisotopic (exact) mass is 260 g/mol. The van der Waals surface area contributed by atoms with Gasteiger partial charge in [0.25, 0.3) is 0 Å². The molecule has 0 aromatic carbocycles. The summed E-state index contributed by atoms with van der Waals surface area (Å²) in [7, 11) is 0. The lowest BCUT2D eigenvalue weighted by Crippen LogP contribution is -2.60. The van der Waals surface area contributed by atoms with Crippen molar-refractivity contribution in [2.45, 2.75) is 75.9 Å². The minimum atomic E-state index is -1.35. The predicted molar refractivity (Wildman–Crippen MR) is 59.2 cm³/mol. The van der Waals surface area contributed by atoms with Crippen molar-refractivity contribution in [3.05, 3.63) is 0 Å². The van der Waals surface area contributed by atoms with Gasteiger partial charge in [0.05, 0.1) is 0 Å². The van der Waals surface area contributed by atoms with Crippen LogP contribution in [0.2, 0.25) is 0 Å². The van der Waals surface area contributed by atoms with Gasteiger partial charge in [-0.2, -0.15) is 0 Å². The zero-order valence-electron chi connectivity index (χ0n) is 11.3. The summed E-state index contributed by atoms with van der Waals surface area (Å²) in [5.41, 5.74) is -1.35. The molecular formula is C12H20O6. The van der Waals surface area contributed by atoms with E-state index in [4.69, 9.17) is 18.9 Å². The fraction of sp³-hybridized carbons (Fsp3) is 1.00. The van der Waals surface area contributed by atoms with E-state index in [0.29, 0.717) is 0 Å². The van der Waals surface area contributed by atoms with Crippen LogP contribution < -0.4 is 0 Å². The zero-order chi connectivity index (χ0) is 13.6. The zero-order valence-corrected chi connectivity index (χ0v) is 11.3. The summed E-state index contributed by atoms with van der Waals surface area (Å²) in [6.07, 6.45) is -0.938. The Bertz CT molecular complexity index is 387. The largest absolute Gasteiger partial charge is 0.387 e. The second-order valence-electron chi connectivity index (χ2n) is 6.26. The minimum Gasteiger partial charge on any atom is -0.387 e. The van der Waals surface area contributed by atoms with Crippen molar-refractivity contribution in [2.75, 3.05) is 0 Å². The number of aliphatic hydroxyl groups excluding tert-OH is 1. The van der Waals surface area contributed by atoms with Crippen LogP contribution >= 0.6 is 0 Å². The van der Waals surface area contributed by atoms with Gasteiger partial charge in [-0.05, 0) is 34.6 Å². The second kappa shape index (κ2) is 2.92. The van der Waals surface area contributed by atoms with Crippen LogP contribution in [-0.4, -0.2) is 45.1 Å². The maximum absolute atomic E-state index is 10.6. The summed E-state index contributed by atoms with van der Waals surface area (Å²) < 4.78 is 23.2. The van der Waals surface area contributed by atoms with Gasteiger partial charge in [-0.1, -0.05) is 0 Å². The number of fused-ring (bicyclic) bond motifs is 2. The Hall–Kier alpha value is -0.240. The highest BCUT2D eigenvalue weighted by Gasteiger charge is 2.77. The average molecular weight is 260 g/mol. The first-order valence-electron chi connectivity index (χ1n) is 6.17. The van der Waals surface area contributed by atoms with Crippen LogP contribution in [0.25, 0.3) is 0 Å². The smallest absolute Gasteiger partial charge is 0.226 e. The molecule has 0 aromatic heterocycles. The summed E-state index contributed by atoms with van der Waals surface area (Å²) in [5.74, 6) is -4.88. The lowest BCUT2D eigenvalue weighted by atomic mass is 9.87. The molecule has 0 spiro atoms. The van der Waals surface area contributed by atoms with E-state index < -0.39 is 34.9 Å². The van der Waals surface area contributed by atoms with Gasteiger partial charge in [-0.15, -0.1) is 0 Å². The number of hydrogen-bond donors (Lipinski definition) is 2. The van der Waals surface area contributed by atoms with Crippen LogP contribution in [0.5, 0.6) is 0 Å². The molecular weight excluding hydrogens is 240 g/mol. The van der Waals surface area contributed by atoms with E-state index in [1.807, 2.05) is 0 Å². The Morgan fingerprint density at radius 2 is 1.28 bits per heavy atom. The van der Waals surface area contributed by atoms with Gasteiger partial charge in [0.2, 0.25) is 17.4 Å². The van der Waals surface area contributed by atoms with E-state index in [9.17, 15) is 10.2 Å². The van der Waals surface area contributed by atoms with Gasteiger partial charge in [0.1, 0.15) is 11.7 Å². The Labute approximate surface area is 106 Å². The maximum Gasteiger partial charge on any atom is 0.226 e. The van der Waals surface area contributed by atoms with E-state index >= 15 is 0 Å². The van der Waals surface area contributed by atoms with Gasteiger partial charge in [-0.25, -0.2) is 0 Å². The van der Waals surface area contributed by atoms with Crippen LogP contribution in [-0.2, 0) is 18.9 Å². The quantitative estimate of drug-likeness (QED) is 0.659. The van der Waals surface area contributed by atoms with Crippen LogP contribution in [0.15, 0.2) is 0 Å². The first-order chi connectivity index (χ1) is 7.96. The first-order valence-corrected chi connectivity index (χ1v) is 6.17. The SMILES string of the molecule is CC12O[C@@]3(C)OC(C)(O[C@@]3(C)O1)[C@@](C)(O)C[C@H]2O. The third kappa shape index (κ3) is 1.23. The van der Waals surface area contributed by atoms with Crippen LogP contribution in [0, 0.1) is 0 Å². The van der Waals surface area contributed by atoms with Gasteiger partial charge in [0.15, 0.2) is 5.79 Å². The first kappa shape index (κ1) is 12.8. The second-order valence-corrected chi connectivity index (χ2v) is 6.26.